The van der Waals surface area contributed by atoms with Crippen LogP contribution in [0.1, 0.15) is 48.5 Å². The maximum Gasteiger partial charge on any atom is 0.494 e. The normalized spacial score (nSPS) is 18.9. The van der Waals surface area contributed by atoms with Gasteiger partial charge in [-0.1, -0.05) is 26.0 Å². The molecule has 0 spiro atoms. The number of amides is 3. The summed E-state index contributed by atoms with van der Waals surface area (Å²) in [4.78, 5) is 35.8. The van der Waals surface area contributed by atoms with Gasteiger partial charge in [-0.25, -0.2) is 4.79 Å². The summed E-state index contributed by atoms with van der Waals surface area (Å²) in [5, 5.41) is 5.28. The third kappa shape index (κ3) is 5.98. The van der Waals surface area contributed by atoms with E-state index in [0.717, 1.165) is 5.46 Å². The number of primary amides is 1. The Morgan fingerprint density at radius 1 is 0.968 bits per heavy atom. The second-order valence-corrected chi connectivity index (χ2v) is 9.03. The van der Waals surface area contributed by atoms with Crippen LogP contribution in [0.5, 0.6) is 0 Å². The molecule has 1 aliphatic heterocycles. The number of carbonyl (C=O) groups is 3. The smallest absolute Gasteiger partial charge is 0.436 e. The first-order chi connectivity index (χ1) is 14.2. The van der Waals surface area contributed by atoms with Crippen LogP contribution in [0.3, 0.4) is 0 Å². The molecule has 170 valence electrons. The van der Waals surface area contributed by atoms with Gasteiger partial charge >= 0.3 is 13.2 Å². The van der Waals surface area contributed by atoms with Crippen LogP contribution in [-0.2, 0) is 23.6 Å². The second kappa shape index (κ2) is 9.27. The van der Waals surface area contributed by atoms with Gasteiger partial charge in [0.25, 0.3) is 5.91 Å². The Kier molecular flexibility index (Phi) is 7.38. The van der Waals surface area contributed by atoms with E-state index in [4.69, 9.17) is 19.8 Å². The molecule has 4 N–H and O–H groups in total. The second-order valence-electron chi connectivity index (χ2n) is 9.03. The molecule has 31 heavy (non-hydrogen) atoms. The lowest BCUT2D eigenvalue weighted by Crippen LogP contribution is -2.49. The van der Waals surface area contributed by atoms with E-state index >= 15 is 0 Å². The molecule has 0 aliphatic carbocycles. The predicted molar refractivity (Wildman–Crippen MR) is 118 cm³/mol. The van der Waals surface area contributed by atoms with Crippen molar-refractivity contribution >= 4 is 36.2 Å². The summed E-state index contributed by atoms with van der Waals surface area (Å²) in [7, 11) is -0.494. The Morgan fingerprint density at radius 3 is 1.94 bits per heavy atom. The van der Waals surface area contributed by atoms with Gasteiger partial charge in [-0.3, -0.25) is 9.59 Å². The van der Waals surface area contributed by atoms with Crippen molar-refractivity contribution in [3.05, 3.63) is 24.3 Å². The first-order valence-electron chi connectivity index (χ1n) is 10.3. The van der Waals surface area contributed by atoms with Crippen molar-refractivity contribution in [2.45, 2.75) is 71.8 Å². The fourth-order valence-corrected chi connectivity index (χ4v) is 2.93. The zero-order valence-corrected chi connectivity index (χ0v) is 19.1. The Morgan fingerprint density at radius 2 is 1.48 bits per heavy atom. The fourth-order valence-electron chi connectivity index (χ4n) is 2.93. The maximum atomic E-state index is 12.5. The summed E-state index contributed by atoms with van der Waals surface area (Å²) in [6.45, 7) is 12.9. The lowest BCUT2D eigenvalue weighted by molar-refractivity contribution is -0.134. The van der Waals surface area contributed by atoms with Crippen molar-refractivity contribution < 1.29 is 28.4 Å². The van der Waals surface area contributed by atoms with E-state index in [0.29, 0.717) is 5.69 Å². The molecule has 1 aromatic rings. The molecular formula is C21H32BN3O6. The van der Waals surface area contributed by atoms with E-state index < -0.39 is 48.4 Å². The highest BCUT2D eigenvalue weighted by atomic mass is 16.7. The van der Waals surface area contributed by atoms with Crippen LogP contribution in [0.2, 0.25) is 0 Å². The molecule has 0 radical (unpaired) electrons. The van der Waals surface area contributed by atoms with Crippen LogP contribution in [0.15, 0.2) is 24.3 Å². The number of ether oxygens (including phenoxy) is 1. The zero-order valence-electron chi connectivity index (χ0n) is 19.1. The van der Waals surface area contributed by atoms with Crippen molar-refractivity contribution in [2.24, 2.45) is 11.7 Å². The Balaban J connectivity index is 1.96. The third-order valence-corrected chi connectivity index (χ3v) is 5.56. The number of anilines is 1. The molecule has 9 nitrogen and oxygen atoms in total. The minimum atomic E-state index is -1.08. The van der Waals surface area contributed by atoms with Crippen molar-refractivity contribution in [2.75, 3.05) is 5.32 Å². The molecule has 1 aromatic carbocycles. The van der Waals surface area contributed by atoms with E-state index in [-0.39, 0.29) is 5.92 Å². The third-order valence-electron chi connectivity index (χ3n) is 5.56. The van der Waals surface area contributed by atoms with E-state index in [1.165, 1.54) is 6.92 Å². The van der Waals surface area contributed by atoms with Crippen LogP contribution in [-0.4, -0.2) is 48.4 Å². The van der Waals surface area contributed by atoms with Crippen molar-refractivity contribution in [3.8, 4) is 0 Å². The van der Waals surface area contributed by atoms with Gasteiger partial charge in [-0.05, 0) is 58.1 Å². The molecule has 3 amide bonds. The average Bonchev–Trinajstić information content (AvgIpc) is 2.87. The van der Waals surface area contributed by atoms with Gasteiger partial charge in [0.2, 0.25) is 5.91 Å². The average molecular weight is 433 g/mol. The minimum Gasteiger partial charge on any atom is -0.436 e. The predicted octanol–water partition coefficient (Wildman–Crippen LogP) is 1.55. The number of benzene rings is 1. The standard InChI is InChI=1S/C21H32BN3O6/c1-12(2)16(29-19(23)28)18(27)24-13(3)17(26)25-15-10-8-14(9-11-15)22-30-20(4,5)21(6,7)31-22/h8-13,16H,1-7H3,(H2,23,28)(H,24,27)(H,25,26). The summed E-state index contributed by atoms with van der Waals surface area (Å²) in [5.41, 5.74) is 5.52. The molecule has 2 unspecified atom stereocenters. The molecule has 1 saturated heterocycles. The molecule has 10 heteroatoms. The van der Waals surface area contributed by atoms with Gasteiger partial charge < -0.3 is 30.4 Å². The molecule has 0 bridgehead atoms. The van der Waals surface area contributed by atoms with Gasteiger partial charge in [0, 0.05) is 5.69 Å². The number of hydrogen-bond donors (Lipinski definition) is 3. The SMILES string of the molecule is CC(NC(=O)C(OC(N)=O)C(C)C)C(=O)Nc1ccc(B2OC(C)(C)C(C)(C)O2)cc1. The molecule has 1 heterocycles. The van der Waals surface area contributed by atoms with E-state index in [1.54, 1.807) is 26.0 Å². The highest BCUT2D eigenvalue weighted by molar-refractivity contribution is 6.62. The summed E-state index contributed by atoms with van der Waals surface area (Å²) in [5.74, 6) is -1.31. The van der Waals surface area contributed by atoms with Crippen molar-refractivity contribution in [3.63, 3.8) is 0 Å². The molecular weight excluding hydrogens is 401 g/mol. The van der Waals surface area contributed by atoms with E-state index in [9.17, 15) is 14.4 Å². The van der Waals surface area contributed by atoms with Gasteiger partial charge in [0.05, 0.1) is 11.2 Å². The molecule has 2 atom stereocenters. The first kappa shape index (κ1) is 24.7. The Bertz CT molecular complexity index is 809. The van der Waals surface area contributed by atoms with Gasteiger partial charge in [-0.15, -0.1) is 0 Å². The number of rotatable bonds is 7. The van der Waals surface area contributed by atoms with Crippen LogP contribution in [0.4, 0.5) is 10.5 Å². The van der Waals surface area contributed by atoms with Crippen LogP contribution < -0.4 is 21.8 Å². The lowest BCUT2D eigenvalue weighted by atomic mass is 9.79. The summed E-state index contributed by atoms with van der Waals surface area (Å²) >= 11 is 0. The lowest BCUT2D eigenvalue weighted by Gasteiger charge is -2.32. The number of nitrogens with two attached hydrogens (primary N) is 1. The molecule has 2 rings (SSSR count). The van der Waals surface area contributed by atoms with Crippen LogP contribution >= 0.6 is 0 Å². The van der Waals surface area contributed by atoms with E-state index in [2.05, 4.69) is 10.6 Å². The summed E-state index contributed by atoms with van der Waals surface area (Å²) in [6.07, 6.45) is -2.13. The highest BCUT2D eigenvalue weighted by Crippen LogP contribution is 2.36. The Hall–Kier alpha value is -2.59. The monoisotopic (exact) mass is 433 g/mol. The summed E-state index contributed by atoms with van der Waals surface area (Å²) < 4.78 is 16.9. The van der Waals surface area contributed by atoms with Gasteiger partial charge in [0.1, 0.15) is 6.04 Å². The number of hydrogen-bond acceptors (Lipinski definition) is 6. The van der Waals surface area contributed by atoms with Gasteiger partial charge in [0.15, 0.2) is 6.10 Å². The topological polar surface area (TPSA) is 129 Å². The molecule has 0 saturated carbocycles. The van der Waals surface area contributed by atoms with Gasteiger partial charge in [-0.2, -0.15) is 0 Å². The highest BCUT2D eigenvalue weighted by Gasteiger charge is 2.51. The van der Waals surface area contributed by atoms with Crippen molar-refractivity contribution in [1.82, 2.24) is 5.32 Å². The molecule has 1 aliphatic rings. The van der Waals surface area contributed by atoms with Crippen molar-refractivity contribution in [1.29, 1.82) is 0 Å². The quantitative estimate of drug-likeness (QED) is 0.560. The minimum absolute atomic E-state index is 0.301. The largest absolute Gasteiger partial charge is 0.494 e. The number of nitrogens with one attached hydrogen (secondary N) is 2. The first-order valence-corrected chi connectivity index (χ1v) is 10.3. The maximum absolute atomic E-state index is 12.5. The fraction of sp³-hybridized carbons (Fsp3) is 0.571. The molecule has 0 aromatic heterocycles. The number of carbonyl (C=O) groups excluding carboxylic acids is 3. The Labute approximate surface area is 183 Å². The van der Waals surface area contributed by atoms with E-state index in [1.807, 2.05) is 39.8 Å². The zero-order chi connectivity index (χ0) is 23.6. The van der Waals surface area contributed by atoms with Crippen LogP contribution in [0.25, 0.3) is 0 Å². The summed E-state index contributed by atoms with van der Waals surface area (Å²) in [6, 6.07) is 6.25. The molecule has 1 fully saturated rings. The van der Waals surface area contributed by atoms with Crippen LogP contribution in [0, 0.1) is 5.92 Å².